The smallest absolute Gasteiger partial charge is 0.152 e. The maximum Gasteiger partial charge on any atom is 0.152 e. The number of ether oxygens (including phenoxy) is 1. The van der Waals surface area contributed by atoms with E-state index in [0.717, 1.165) is 51.7 Å². The first-order chi connectivity index (χ1) is 7.21. The van der Waals surface area contributed by atoms with Crippen LogP contribution in [0.25, 0.3) is 0 Å². The number of nitrogens with two attached hydrogens (primary N) is 1. The molecule has 1 saturated carbocycles. The summed E-state index contributed by atoms with van der Waals surface area (Å²) in [4.78, 5) is 12.1. The van der Waals surface area contributed by atoms with Gasteiger partial charge in [0.25, 0.3) is 0 Å². The van der Waals surface area contributed by atoms with E-state index >= 15 is 0 Å². The Morgan fingerprint density at radius 3 is 2.47 bits per heavy atom. The third kappa shape index (κ3) is 2.58. The van der Waals surface area contributed by atoms with E-state index in [9.17, 15) is 4.79 Å². The Morgan fingerprint density at radius 2 is 1.87 bits per heavy atom. The zero-order valence-corrected chi connectivity index (χ0v) is 9.34. The highest BCUT2D eigenvalue weighted by molar-refractivity contribution is 5.88. The molecule has 0 bridgehead atoms. The average Bonchev–Trinajstić information content (AvgIpc) is 2.68. The molecule has 2 rings (SSSR count). The van der Waals surface area contributed by atoms with Crippen molar-refractivity contribution in [3.63, 3.8) is 0 Å². The second-order valence-electron chi connectivity index (χ2n) is 5.05. The number of carbonyl (C=O) groups excluding carboxylic acids is 1. The third-order valence-corrected chi connectivity index (χ3v) is 3.87. The normalized spacial score (nSPS) is 26.7. The van der Waals surface area contributed by atoms with Crippen LogP contribution in [0, 0.1) is 5.92 Å². The van der Waals surface area contributed by atoms with E-state index in [1.807, 2.05) is 0 Å². The van der Waals surface area contributed by atoms with Crippen LogP contribution >= 0.6 is 0 Å². The van der Waals surface area contributed by atoms with Crippen molar-refractivity contribution in [3.8, 4) is 0 Å². The summed E-state index contributed by atoms with van der Waals surface area (Å²) < 4.78 is 5.29. The highest BCUT2D eigenvalue weighted by Gasteiger charge is 2.37. The number of ketones is 1. The quantitative estimate of drug-likeness (QED) is 0.772. The second-order valence-corrected chi connectivity index (χ2v) is 5.05. The van der Waals surface area contributed by atoms with E-state index in [0.29, 0.717) is 18.1 Å². The topological polar surface area (TPSA) is 52.3 Å². The Bertz CT molecular complexity index is 228. The van der Waals surface area contributed by atoms with Gasteiger partial charge in [0.05, 0.1) is 5.54 Å². The Kier molecular flexibility index (Phi) is 3.42. The molecule has 1 saturated heterocycles. The molecule has 3 heteroatoms. The number of carbonyl (C=O) groups is 1. The molecule has 2 N–H and O–H groups in total. The summed E-state index contributed by atoms with van der Waals surface area (Å²) in [6.45, 7) is 1.63. The lowest BCUT2D eigenvalue weighted by Gasteiger charge is -2.27. The van der Waals surface area contributed by atoms with Gasteiger partial charge < -0.3 is 10.5 Å². The molecule has 0 amide bonds. The summed E-state index contributed by atoms with van der Waals surface area (Å²) in [5.74, 6) is 0.819. The number of hydrogen-bond acceptors (Lipinski definition) is 3. The van der Waals surface area contributed by atoms with Gasteiger partial charge in [-0.2, -0.15) is 0 Å². The molecule has 0 spiro atoms. The number of rotatable bonds is 3. The van der Waals surface area contributed by atoms with Crippen LogP contribution < -0.4 is 5.73 Å². The van der Waals surface area contributed by atoms with Crippen molar-refractivity contribution in [2.45, 2.75) is 50.5 Å². The first kappa shape index (κ1) is 11.1. The number of Topliss-reactive ketones (excluding diaryl/α,β-unsaturated/α-hetero) is 1. The molecule has 0 aromatic rings. The lowest BCUT2D eigenvalue weighted by molar-refractivity contribution is -0.125. The summed E-state index contributed by atoms with van der Waals surface area (Å²) in [5, 5.41) is 0. The summed E-state index contributed by atoms with van der Waals surface area (Å²) in [6, 6.07) is 0. The Morgan fingerprint density at radius 1 is 1.27 bits per heavy atom. The minimum Gasteiger partial charge on any atom is -0.381 e. The molecule has 3 nitrogen and oxygen atoms in total. The molecular weight excluding hydrogens is 190 g/mol. The molecule has 2 fully saturated rings. The van der Waals surface area contributed by atoms with Gasteiger partial charge in [-0.3, -0.25) is 4.79 Å². The Hall–Kier alpha value is -0.410. The fourth-order valence-corrected chi connectivity index (χ4v) is 2.70. The molecule has 1 heterocycles. The lowest BCUT2D eigenvalue weighted by atomic mass is 9.84. The van der Waals surface area contributed by atoms with Crippen molar-refractivity contribution in [1.82, 2.24) is 0 Å². The molecule has 15 heavy (non-hydrogen) atoms. The van der Waals surface area contributed by atoms with E-state index < -0.39 is 5.54 Å². The monoisotopic (exact) mass is 211 g/mol. The van der Waals surface area contributed by atoms with Crippen molar-refractivity contribution in [2.24, 2.45) is 11.7 Å². The first-order valence-corrected chi connectivity index (χ1v) is 6.11. The van der Waals surface area contributed by atoms with Gasteiger partial charge in [-0.15, -0.1) is 0 Å². The van der Waals surface area contributed by atoms with Crippen LogP contribution in [0.4, 0.5) is 0 Å². The summed E-state index contributed by atoms with van der Waals surface area (Å²) in [7, 11) is 0. The van der Waals surface area contributed by atoms with Crippen LogP contribution in [0.15, 0.2) is 0 Å². The van der Waals surface area contributed by atoms with Crippen molar-refractivity contribution >= 4 is 5.78 Å². The Balaban J connectivity index is 1.85. The largest absolute Gasteiger partial charge is 0.381 e. The predicted octanol–water partition coefficient (Wildman–Crippen LogP) is 1.64. The van der Waals surface area contributed by atoms with Gasteiger partial charge in [0, 0.05) is 19.6 Å². The van der Waals surface area contributed by atoms with Crippen molar-refractivity contribution in [1.29, 1.82) is 0 Å². The molecule has 0 atom stereocenters. The maximum absolute atomic E-state index is 12.1. The fraction of sp³-hybridized carbons (Fsp3) is 0.917. The van der Waals surface area contributed by atoms with Crippen LogP contribution in [0.3, 0.4) is 0 Å². The van der Waals surface area contributed by atoms with Gasteiger partial charge in [0.15, 0.2) is 5.78 Å². The standard InChI is InChI=1S/C12H21NO2/c13-12(5-1-2-6-12)11(14)9-10-3-7-15-8-4-10/h10H,1-9,13H2. The highest BCUT2D eigenvalue weighted by Crippen LogP contribution is 2.31. The van der Waals surface area contributed by atoms with Crippen LogP contribution in [-0.4, -0.2) is 24.5 Å². The molecule has 0 aromatic carbocycles. The zero-order chi connectivity index (χ0) is 10.7. The summed E-state index contributed by atoms with van der Waals surface area (Å²) in [6.07, 6.45) is 6.78. The van der Waals surface area contributed by atoms with Gasteiger partial charge in [-0.25, -0.2) is 0 Å². The van der Waals surface area contributed by atoms with Crippen molar-refractivity contribution in [3.05, 3.63) is 0 Å². The van der Waals surface area contributed by atoms with Crippen LogP contribution in [0.5, 0.6) is 0 Å². The molecule has 1 aliphatic heterocycles. The van der Waals surface area contributed by atoms with E-state index in [4.69, 9.17) is 10.5 Å². The second kappa shape index (κ2) is 4.62. The molecule has 86 valence electrons. The van der Waals surface area contributed by atoms with Crippen LogP contribution in [-0.2, 0) is 9.53 Å². The van der Waals surface area contributed by atoms with Crippen LogP contribution in [0.2, 0.25) is 0 Å². The number of hydrogen-bond donors (Lipinski definition) is 1. The highest BCUT2D eigenvalue weighted by atomic mass is 16.5. The zero-order valence-electron chi connectivity index (χ0n) is 9.34. The van der Waals surface area contributed by atoms with Gasteiger partial charge in [0.1, 0.15) is 0 Å². The van der Waals surface area contributed by atoms with Gasteiger partial charge in [-0.05, 0) is 31.6 Å². The molecule has 0 radical (unpaired) electrons. The SMILES string of the molecule is NC1(C(=O)CC2CCOCC2)CCCC1. The van der Waals surface area contributed by atoms with Gasteiger partial charge >= 0.3 is 0 Å². The van der Waals surface area contributed by atoms with E-state index in [-0.39, 0.29) is 0 Å². The van der Waals surface area contributed by atoms with Crippen LogP contribution in [0.1, 0.15) is 44.9 Å². The van der Waals surface area contributed by atoms with E-state index in [2.05, 4.69) is 0 Å². The summed E-state index contributed by atoms with van der Waals surface area (Å²) >= 11 is 0. The van der Waals surface area contributed by atoms with Crippen molar-refractivity contribution < 1.29 is 9.53 Å². The molecular formula is C12H21NO2. The first-order valence-electron chi connectivity index (χ1n) is 6.11. The van der Waals surface area contributed by atoms with E-state index in [1.165, 1.54) is 0 Å². The minimum absolute atomic E-state index is 0.298. The van der Waals surface area contributed by atoms with Gasteiger partial charge in [-0.1, -0.05) is 12.8 Å². The van der Waals surface area contributed by atoms with Gasteiger partial charge in [0.2, 0.25) is 0 Å². The molecule has 2 aliphatic rings. The Labute approximate surface area is 91.4 Å². The maximum atomic E-state index is 12.1. The summed E-state index contributed by atoms with van der Waals surface area (Å²) in [5.41, 5.74) is 5.67. The molecule has 0 unspecified atom stereocenters. The predicted molar refractivity (Wildman–Crippen MR) is 58.6 cm³/mol. The molecule has 1 aliphatic carbocycles. The lowest BCUT2D eigenvalue weighted by Crippen LogP contribution is -2.46. The van der Waals surface area contributed by atoms with Crippen molar-refractivity contribution in [2.75, 3.05) is 13.2 Å². The fourth-order valence-electron chi connectivity index (χ4n) is 2.70. The average molecular weight is 211 g/mol. The third-order valence-electron chi connectivity index (χ3n) is 3.87. The molecule has 0 aromatic heterocycles. The van der Waals surface area contributed by atoms with E-state index in [1.54, 1.807) is 0 Å². The minimum atomic E-state index is -0.474.